The molecular formula is C31H34ClNO3S. The lowest BCUT2D eigenvalue weighted by molar-refractivity contribution is -0.112. The van der Waals surface area contributed by atoms with Gasteiger partial charge in [-0.2, -0.15) is 0 Å². The number of nitrogens with zero attached hydrogens (tertiary/aromatic N) is 1. The summed E-state index contributed by atoms with van der Waals surface area (Å²) in [7, 11) is 0. The van der Waals surface area contributed by atoms with Gasteiger partial charge in [-0.1, -0.05) is 55.1 Å². The molecule has 2 aliphatic rings. The van der Waals surface area contributed by atoms with Crippen molar-refractivity contribution in [3.8, 4) is 22.6 Å². The SMILES string of the molecule is O=CC1CC(Oc2ccc(-c3ccc(Cl)cc3)cc2)CCN1Sc1ccc(OCC2CCCCC2)cc1. The number of halogens is 1. The zero-order chi connectivity index (χ0) is 25.5. The highest BCUT2D eigenvalue weighted by atomic mass is 35.5. The van der Waals surface area contributed by atoms with Gasteiger partial charge in [0.25, 0.3) is 0 Å². The first-order valence-electron chi connectivity index (χ1n) is 13.3. The Bertz CT molecular complexity index is 1130. The molecule has 194 valence electrons. The normalized spacial score (nSPS) is 20.9. The van der Waals surface area contributed by atoms with Gasteiger partial charge in [0.1, 0.15) is 23.9 Å². The average Bonchev–Trinajstić information content (AvgIpc) is 2.95. The molecule has 1 aliphatic carbocycles. The van der Waals surface area contributed by atoms with Gasteiger partial charge >= 0.3 is 0 Å². The highest BCUT2D eigenvalue weighted by molar-refractivity contribution is 7.97. The van der Waals surface area contributed by atoms with Crippen molar-refractivity contribution in [2.45, 2.75) is 62.0 Å². The lowest BCUT2D eigenvalue weighted by Gasteiger charge is -2.35. The minimum absolute atomic E-state index is 0.0176. The summed E-state index contributed by atoms with van der Waals surface area (Å²) in [4.78, 5) is 13.1. The number of aldehydes is 1. The maximum Gasteiger partial charge on any atom is 0.138 e. The summed E-state index contributed by atoms with van der Waals surface area (Å²) in [5.74, 6) is 2.45. The van der Waals surface area contributed by atoms with E-state index in [-0.39, 0.29) is 12.1 Å². The summed E-state index contributed by atoms with van der Waals surface area (Å²) in [6.45, 7) is 1.61. The van der Waals surface area contributed by atoms with E-state index in [2.05, 4.69) is 28.6 Å². The number of ether oxygens (including phenoxy) is 2. The Morgan fingerprint density at radius 2 is 1.49 bits per heavy atom. The second-order valence-corrected chi connectivity index (χ2v) is 11.6. The van der Waals surface area contributed by atoms with Crippen LogP contribution in [-0.2, 0) is 4.79 Å². The Labute approximate surface area is 229 Å². The van der Waals surface area contributed by atoms with Crippen molar-refractivity contribution < 1.29 is 14.3 Å². The number of carbonyl (C=O) groups excluding carboxylic acids is 1. The van der Waals surface area contributed by atoms with E-state index >= 15 is 0 Å². The van der Waals surface area contributed by atoms with Gasteiger partial charge in [0.15, 0.2) is 0 Å². The fraction of sp³-hybridized carbons (Fsp3) is 0.387. The minimum atomic E-state index is -0.181. The molecule has 0 N–H and O–H groups in total. The van der Waals surface area contributed by atoms with Crippen molar-refractivity contribution in [3.63, 3.8) is 0 Å². The van der Waals surface area contributed by atoms with Crippen LogP contribution in [0.3, 0.4) is 0 Å². The first kappa shape index (κ1) is 26.1. The van der Waals surface area contributed by atoms with E-state index in [0.717, 1.165) is 58.4 Å². The van der Waals surface area contributed by atoms with Gasteiger partial charge in [0.05, 0.1) is 12.6 Å². The molecule has 2 fully saturated rings. The van der Waals surface area contributed by atoms with Crippen molar-refractivity contribution in [2.75, 3.05) is 13.2 Å². The van der Waals surface area contributed by atoms with Crippen LogP contribution >= 0.6 is 23.5 Å². The summed E-state index contributed by atoms with van der Waals surface area (Å²) in [5.41, 5.74) is 2.23. The largest absolute Gasteiger partial charge is 0.493 e. The zero-order valence-electron chi connectivity index (χ0n) is 21.1. The van der Waals surface area contributed by atoms with Crippen molar-refractivity contribution in [2.24, 2.45) is 5.92 Å². The van der Waals surface area contributed by atoms with Crippen LogP contribution in [0.5, 0.6) is 11.5 Å². The van der Waals surface area contributed by atoms with Gasteiger partial charge in [-0.3, -0.25) is 0 Å². The van der Waals surface area contributed by atoms with Gasteiger partial charge in [-0.05, 0) is 96.8 Å². The zero-order valence-corrected chi connectivity index (χ0v) is 22.6. The molecule has 1 heterocycles. The predicted octanol–water partition coefficient (Wildman–Crippen LogP) is 8.08. The van der Waals surface area contributed by atoms with Crippen LogP contribution in [-0.4, -0.2) is 35.9 Å². The van der Waals surface area contributed by atoms with Crippen LogP contribution in [0.2, 0.25) is 5.02 Å². The summed E-state index contributed by atoms with van der Waals surface area (Å²) >= 11 is 7.64. The van der Waals surface area contributed by atoms with E-state index in [1.54, 1.807) is 11.9 Å². The number of benzene rings is 3. The van der Waals surface area contributed by atoms with Gasteiger partial charge in [-0.15, -0.1) is 0 Å². The number of carbonyl (C=O) groups is 1. The van der Waals surface area contributed by atoms with E-state index in [1.165, 1.54) is 32.1 Å². The van der Waals surface area contributed by atoms with E-state index in [9.17, 15) is 4.79 Å². The number of hydrogen-bond donors (Lipinski definition) is 0. The number of hydrogen-bond acceptors (Lipinski definition) is 5. The fourth-order valence-corrected chi connectivity index (χ4v) is 6.27. The first-order chi connectivity index (χ1) is 18.2. The Kier molecular flexibility index (Phi) is 9.09. The molecule has 0 spiro atoms. The van der Waals surface area contributed by atoms with Crippen molar-refractivity contribution in [1.82, 2.24) is 4.31 Å². The van der Waals surface area contributed by atoms with Gasteiger partial charge in [0.2, 0.25) is 0 Å². The summed E-state index contributed by atoms with van der Waals surface area (Å²) in [5, 5.41) is 0.730. The molecule has 0 bridgehead atoms. The van der Waals surface area contributed by atoms with Crippen molar-refractivity contribution in [3.05, 3.63) is 77.8 Å². The Balaban J connectivity index is 1.11. The first-order valence-corrected chi connectivity index (χ1v) is 14.5. The van der Waals surface area contributed by atoms with Crippen molar-refractivity contribution in [1.29, 1.82) is 0 Å². The lowest BCUT2D eigenvalue weighted by atomic mass is 9.90. The fourth-order valence-electron chi connectivity index (χ4n) is 5.15. The maximum absolute atomic E-state index is 11.9. The van der Waals surface area contributed by atoms with Crippen LogP contribution < -0.4 is 9.47 Å². The van der Waals surface area contributed by atoms with E-state index in [1.807, 2.05) is 48.5 Å². The third-order valence-corrected chi connectivity index (χ3v) is 8.72. The Morgan fingerprint density at radius 3 is 2.16 bits per heavy atom. The highest BCUT2D eigenvalue weighted by Gasteiger charge is 2.30. The highest BCUT2D eigenvalue weighted by Crippen LogP contribution is 2.33. The average molecular weight is 536 g/mol. The summed E-state index contributed by atoms with van der Waals surface area (Å²) in [6, 6.07) is 24.0. The molecule has 2 unspecified atom stereocenters. The monoisotopic (exact) mass is 535 g/mol. The van der Waals surface area contributed by atoms with E-state index < -0.39 is 0 Å². The molecule has 0 aromatic heterocycles. The molecule has 0 radical (unpaired) electrons. The smallest absolute Gasteiger partial charge is 0.138 e. The quantitative estimate of drug-likeness (QED) is 0.204. The molecule has 2 atom stereocenters. The minimum Gasteiger partial charge on any atom is -0.493 e. The molecule has 0 amide bonds. The molecule has 3 aromatic carbocycles. The van der Waals surface area contributed by atoms with Crippen LogP contribution in [0, 0.1) is 5.92 Å². The third kappa shape index (κ3) is 7.31. The van der Waals surface area contributed by atoms with Crippen LogP contribution in [0.1, 0.15) is 44.9 Å². The predicted molar refractivity (Wildman–Crippen MR) is 151 cm³/mol. The molecule has 3 aromatic rings. The summed E-state index contributed by atoms with van der Waals surface area (Å²) < 4.78 is 14.5. The van der Waals surface area contributed by atoms with Crippen LogP contribution in [0.4, 0.5) is 0 Å². The molecule has 6 heteroatoms. The van der Waals surface area contributed by atoms with E-state index in [4.69, 9.17) is 21.1 Å². The standard InChI is InChI=1S/C31H34ClNO3S/c32-26-10-6-24(7-11-26)25-8-12-29(13-9-25)36-30-18-19-33(27(20-30)21-34)37-31-16-14-28(15-17-31)35-22-23-4-2-1-3-5-23/h6-17,21,23,27,30H,1-5,18-20,22H2. The van der Waals surface area contributed by atoms with Crippen molar-refractivity contribution >= 4 is 29.8 Å². The van der Waals surface area contributed by atoms with Crippen LogP contribution in [0.15, 0.2) is 77.7 Å². The molecular weight excluding hydrogens is 502 g/mol. The molecule has 37 heavy (non-hydrogen) atoms. The molecule has 4 nitrogen and oxygen atoms in total. The molecule has 1 saturated carbocycles. The van der Waals surface area contributed by atoms with E-state index in [0.29, 0.717) is 12.3 Å². The van der Waals surface area contributed by atoms with Gasteiger partial charge < -0.3 is 14.3 Å². The summed E-state index contributed by atoms with van der Waals surface area (Å²) in [6.07, 6.45) is 9.23. The molecule has 5 rings (SSSR count). The maximum atomic E-state index is 11.9. The Hall–Kier alpha value is -2.47. The second kappa shape index (κ2) is 12.9. The third-order valence-electron chi connectivity index (χ3n) is 7.29. The molecule has 1 saturated heterocycles. The lowest BCUT2D eigenvalue weighted by Crippen LogP contribution is -2.43. The van der Waals surface area contributed by atoms with Crippen LogP contribution in [0.25, 0.3) is 11.1 Å². The Morgan fingerprint density at radius 1 is 0.838 bits per heavy atom. The number of rotatable bonds is 9. The van der Waals surface area contributed by atoms with Gasteiger partial charge in [-0.25, -0.2) is 4.31 Å². The molecule has 1 aliphatic heterocycles. The second-order valence-electron chi connectivity index (χ2n) is 10.0. The number of piperidine rings is 1. The van der Waals surface area contributed by atoms with Gasteiger partial charge in [0, 0.05) is 22.9 Å². The topological polar surface area (TPSA) is 38.8 Å².